The maximum absolute atomic E-state index is 13.2. The van der Waals surface area contributed by atoms with Crippen LogP contribution in [-0.4, -0.2) is 20.4 Å². The Balaban J connectivity index is 1.92. The molecular formula is C21H23N5O3. The van der Waals surface area contributed by atoms with Gasteiger partial charge in [0.1, 0.15) is 0 Å². The summed E-state index contributed by atoms with van der Waals surface area (Å²) >= 11 is 0. The zero-order valence-corrected chi connectivity index (χ0v) is 16.4. The van der Waals surface area contributed by atoms with Gasteiger partial charge in [0, 0.05) is 29.5 Å². The number of nitrogens with one attached hydrogen (secondary N) is 2. The summed E-state index contributed by atoms with van der Waals surface area (Å²) in [7, 11) is 0. The first-order valence-corrected chi connectivity index (χ1v) is 9.74. The molecule has 150 valence electrons. The number of nitrogen functional groups attached to an aromatic ring is 1. The number of aromatic nitrogens is 3. The number of aryl methyl sites for hydroxylation is 2. The first-order valence-electron chi connectivity index (χ1n) is 9.74. The van der Waals surface area contributed by atoms with Gasteiger partial charge in [-0.3, -0.25) is 19.1 Å². The van der Waals surface area contributed by atoms with Crippen molar-refractivity contribution in [2.75, 3.05) is 11.1 Å². The van der Waals surface area contributed by atoms with Gasteiger partial charge in [-0.2, -0.15) is 0 Å². The minimum Gasteiger partial charge on any atom is -0.399 e. The number of fused-ring (bicyclic) bond motifs is 1. The largest absolute Gasteiger partial charge is 0.399 e. The topological polar surface area (TPSA) is 123 Å². The third kappa shape index (κ3) is 3.53. The number of rotatable bonds is 5. The predicted molar refractivity (Wildman–Crippen MR) is 112 cm³/mol. The van der Waals surface area contributed by atoms with Gasteiger partial charge in [-0.1, -0.05) is 13.0 Å². The van der Waals surface area contributed by atoms with Crippen LogP contribution in [0.4, 0.5) is 11.4 Å². The lowest BCUT2D eigenvalue weighted by molar-refractivity contribution is 0.102. The highest BCUT2D eigenvalue weighted by Crippen LogP contribution is 2.40. The predicted octanol–water partition coefficient (Wildman–Crippen LogP) is 2.52. The molecule has 0 aliphatic heterocycles. The Kier molecular flexibility index (Phi) is 4.70. The number of hydrogen-bond acceptors (Lipinski definition) is 5. The second-order valence-corrected chi connectivity index (χ2v) is 7.51. The summed E-state index contributed by atoms with van der Waals surface area (Å²) in [5.41, 5.74) is 7.89. The Bertz CT molecular complexity index is 1240. The molecule has 1 aliphatic rings. The monoisotopic (exact) mass is 393 g/mol. The summed E-state index contributed by atoms with van der Waals surface area (Å²) < 4.78 is 1.44. The van der Waals surface area contributed by atoms with E-state index in [2.05, 4.69) is 15.3 Å². The third-order valence-electron chi connectivity index (χ3n) is 5.17. The van der Waals surface area contributed by atoms with Crippen molar-refractivity contribution in [1.82, 2.24) is 14.5 Å². The molecule has 2 aromatic heterocycles. The molecule has 1 fully saturated rings. The van der Waals surface area contributed by atoms with Crippen molar-refractivity contribution in [3.8, 4) is 0 Å². The fraction of sp³-hybridized carbons (Fsp3) is 0.333. The molecule has 0 atom stereocenters. The second kappa shape index (κ2) is 7.20. The average Bonchev–Trinajstić information content (AvgIpc) is 3.52. The van der Waals surface area contributed by atoms with E-state index >= 15 is 0 Å². The molecular weight excluding hydrogens is 370 g/mol. The highest BCUT2D eigenvalue weighted by atomic mass is 16.2. The van der Waals surface area contributed by atoms with Crippen molar-refractivity contribution in [2.24, 2.45) is 0 Å². The van der Waals surface area contributed by atoms with Crippen molar-refractivity contribution in [3.05, 3.63) is 61.9 Å². The van der Waals surface area contributed by atoms with Crippen LogP contribution < -0.4 is 22.3 Å². The summed E-state index contributed by atoms with van der Waals surface area (Å²) in [5.74, 6) is -0.176. The van der Waals surface area contributed by atoms with Gasteiger partial charge in [0.2, 0.25) is 0 Å². The first kappa shape index (κ1) is 18.9. The number of amides is 1. The number of pyridine rings is 1. The zero-order chi connectivity index (χ0) is 20.7. The number of carbonyl (C=O) groups excluding carboxylic acids is 1. The van der Waals surface area contributed by atoms with Gasteiger partial charge >= 0.3 is 5.69 Å². The Labute approximate surface area is 166 Å². The number of aromatic amines is 1. The second-order valence-electron chi connectivity index (χ2n) is 7.51. The van der Waals surface area contributed by atoms with Crippen LogP contribution in [0.5, 0.6) is 0 Å². The van der Waals surface area contributed by atoms with Crippen molar-refractivity contribution >= 4 is 28.3 Å². The Morgan fingerprint density at radius 3 is 2.76 bits per heavy atom. The lowest BCUT2D eigenvalue weighted by atomic mass is 10.1. The van der Waals surface area contributed by atoms with Crippen LogP contribution in [0.15, 0.2) is 33.9 Å². The number of H-pyrrole nitrogens is 1. The molecule has 0 radical (unpaired) electrons. The van der Waals surface area contributed by atoms with Crippen molar-refractivity contribution in [2.45, 2.75) is 45.6 Å². The third-order valence-corrected chi connectivity index (χ3v) is 5.17. The van der Waals surface area contributed by atoms with Gasteiger partial charge < -0.3 is 11.1 Å². The van der Waals surface area contributed by atoms with E-state index in [1.807, 2.05) is 19.9 Å². The Morgan fingerprint density at radius 2 is 2.07 bits per heavy atom. The summed E-state index contributed by atoms with van der Waals surface area (Å²) in [6.45, 7) is 4.20. The van der Waals surface area contributed by atoms with Crippen LogP contribution >= 0.6 is 0 Å². The lowest BCUT2D eigenvalue weighted by Crippen LogP contribution is -2.32. The Morgan fingerprint density at radius 1 is 1.31 bits per heavy atom. The molecule has 3 aromatic rings. The van der Waals surface area contributed by atoms with Crippen LogP contribution in [0.1, 0.15) is 53.7 Å². The summed E-state index contributed by atoms with van der Waals surface area (Å²) in [6.07, 6.45) is 2.66. The molecule has 1 aliphatic carbocycles. The molecule has 29 heavy (non-hydrogen) atoms. The minimum atomic E-state index is -0.610. The molecule has 1 aromatic carbocycles. The van der Waals surface area contributed by atoms with Crippen LogP contribution in [0, 0.1) is 6.92 Å². The molecule has 0 unspecified atom stereocenters. The summed E-state index contributed by atoms with van der Waals surface area (Å²) in [6, 6.07) is 6.92. The number of hydrogen-bond donors (Lipinski definition) is 3. The average molecular weight is 393 g/mol. The van der Waals surface area contributed by atoms with E-state index in [1.54, 1.807) is 18.2 Å². The van der Waals surface area contributed by atoms with E-state index in [0.717, 1.165) is 24.1 Å². The fourth-order valence-electron chi connectivity index (χ4n) is 3.46. The molecule has 0 saturated heterocycles. The highest BCUT2D eigenvalue weighted by Gasteiger charge is 2.28. The molecule has 8 nitrogen and oxygen atoms in total. The lowest BCUT2D eigenvalue weighted by Gasteiger charge is -2.14. The standard InChI is InChI=1S/C21H23N5O3/c1-3-8-26-18-17(20(28)25-21(26)29)14(10-16(23-18)12-5-6-12)19(27)24-15-9-13(22)7-4-11(15)2/h4,7,9-10,12H,3,5-6,8,22H2,1-2H3,(H,24,27)(H,25,28,29). The molecule has 1 amide bonds. The van der Waals surface area contributed by atoms with E-state index in [0.29, 0.717) is 24.3 Å². The first-order chi connectivity index (χ1) is 13.9. The van der Waals surface area contributed by atoms with Crippen molar-refractivity contribution in [3.63, 3.8) is 0 Å². The van der Waals surface area contributed by atoms with E-state index < -0.39 is 17.2 Å². The van der Waals surface area contributed by atoms with Crippen LogP contribution in [0.2, 0.25) is 0 Å². The number of carbonyl (C=O) groups is 1. The SMILES string of the molecule is CCCn1c(=O)[nH]c(=O)c2c(C(=O)Nc3cc(N)ccc3C)cc(C3CC3)nc21. The van der Waals surface area contributed by atoms with Gasteiger partial charge in [0.15, 0.2) is 5.65 Å². The molecule has 0 spiro atoms. The fourth-order valence-corrected chi connectivity index (χ4v) is 3.46. The van der Waals surface area contributed by atoms with Gasteiger partial charge in [-0.15, -0.1) is 0 Å². The van der Waals surface area contributed by atoms with Gasteiger partial charge in [-0.05, 0) is 49.9 Å². The minimum absolute atomic E-state index is 0.126. The summed E-state index contributed by atoms with van der Waals surface area (Å²) in [4.78, 5) is 45.1. The maximum atomic E-state index is 13.2. The van der Waals surface area contributed by atoms with Gasteiger partial charge in [0.05, 0.1) is 10.9 Å². The van der Waals surface area contributed by atoms with Gasteiger partial charge in [-0.25, -0.2) is 9.78 Å². The number of benzene rings is 1. The van der Waals surface area contributed by atoms with E-state index in [-0.39, 0.29) is 22.5 Å². The maximum Gasteiger partial charge on any atom is 0.329 e. The number of nitrogens with zero attached hydrogens (tertiary/aromatic N) is 2. The Hall–Kier alpha value is -3.42. The van der Waals surface area contributed by atoms with Crippen LogP contribution in [0.3, 0.4) is 0 Å². The molecule has 0 bridgehead atoms. The zero-order valence-electron chi connectivity index (χ0n) is 16.4. The smallest absolute Gasteiger partial charge is 0.329 e. The van der Waals surface area contributed by atoms with Crippen LogP contribution in [0.25, 0.3) is 11.0 Å². The van der Waals surface area contributed by atoms with E-state index in [1.165, 1.54) is 4.57 Å². The number of nitrogens with two attached hydrogens (primary N) is 1. The molecule has 1 saturated carbocycles. The quantitative estimate of drug-likeness (QED) is 0.575. The van der Waals surface area contributed by atoms with Gasteiger partial charge in [0.25, 0.3) is 11.5 Å². The summed E-state index contributed by atoms with van der Waals surface area (Å²) in [5, 5.41) is 2.98. The number of anilines is 2. The van der Waals surface area contributed by atoms with E-state index in [9.17, 15) is 14.4 Å². The molecule has 8 heteroatoms. The molecule has 4 N–H and O–H groups in total. The van der Waals surface area contributed by atoms with Crippen molar-refractivity contribution < 1.29 is 4.79 Å². The van der Waals surface area contributed by atoms with E-state index in [4.69, 9.17) is 5.73 Å². The highest BCUT2D eigenvalue weighted by molar-refractivity contribution is 6.12. The normalized spacial score (nSPS) is 13.6. The molecule has 2 heterocycles. The van der Waals surface area contributed by atoms with Crippen LogP contribution in [-0.2, 0) is 6.54 Å². The van der Waals surface area contributed by atoms with Crippen molar-refractivity contribution in [1.29, 1.82) is 0 Å². The molecule has 4 rings (SSSR count).